The van der Waals surface area contributed by atoms with Gasteiger partial charge < -0.3 is 19.1 Å². The van der Waals surface area contributed by atoms with E-state index in [1.54, 1.807) is 7.11 Å². The van der Waals surface area contributed by atoms with Crippen molar-refractivity contribution in [2.45, 2.75) is 58.3 Å². The average Bonchev–Trinajstić information content (AvgIpc) is 2.86. The van der Waals surface area contributed by atoms with Gasteiger partial charge in [0.1, 0.15) is 18.1 Å². The number of rotatable bonds is 5. The van der Waals surface area contributed by atoms with Crippen LogP contribution in [0.3, 0.4) is 0 Å². The van der Waals surface area contributed by atoms with Crippen LogP contribution in [-0.2, 0) is 11.3 Å². The van der Waals surface area contributed by atoms with Gasteiger partial charge in [0.05, 0.1) is 12.2 Å². The zero-order chi connectivity index (χ0) is 24.6. The predicted molar refractivity (Wildman–Crippen MR) is 138 cm³/mol. The number of carbonyl (C=O) groups excluding carboxylic acids is 1. The van der Waals surface area contributed by atoms with E-state index in [4.69, 9.17) is 14.2 Å². The molecule has 0 N–H and O–H groups in total. The molecular weight excluding hydrogens is 440 g/mol. The molecule has 6 heteroatoms. The molecule has 0 saturated carbocycles. The summed E-state index contributed by atoms with van der Waals surface area (Å²) in [6.07, 6.45) is 4.61. The highest BCUT2D eigenvalue weighted by atomic mass is 16.5. The van der Waals surface area contributed by atoms with Crippen molar-refractivity contribution in [1.82, 2.24) is 9.80 Å². The number of fused-ring (bicyclic) bond motifs is 4. The Kier molecular flexibility index (Phi) is 9.05. The average molecular weight is 481 g/mol. The van der Waals surface area contributed by atoms with E-state index >= 15 is 0 Å². The van der Waals surface area contributed by atoms with E-state index in [0.29, 0.717) is 18.1 Å². The Bertz CT molecular complexity index is 946. The van der Waals surface area contributed by atoms with E-state index in [1.165, 1.54) is 5.56 Å². The first-order chi connectivity index (χ1) is 17.0. The highest BCUT2D eigenvalue weighted by Gasteiger charge is 2.31. The number of ether oxygens (including phenoxy) is 3. The maximum absolute atomic E-state index is 13.2. The normalized spacial score (nSPS) is 22.3. The Morgan fingerprint density at radius 1 is 1.03 bits per heavy atom. The first-order valence-corrected chi connectivity index (χ1v) is 13.0. The van der Waals surface area contributed by atoms with Gasteiger partial charge in [-0.15, -0.1) is 0 Å². The van der Waals surface area contributed by atoms with Gasteiger partial charge >= 0.3 is 0 Å². The molecule has 0 spiro atoms. The number of carbonyl (C=O) groups is 1. The van der Waals surface area contributed by atoms with Gasteiger partial charge in [-0.05, 0) is 75.5 Å². The van der Waals surface area contributed by atoms with Crippen molar-refractivity contribution in [3.63, 3.8) is 0 Å². The van der Waals surface area contributed by atoms with Crippen molar-refractivity contribution >= 4 is 5.91 Å². The number of nitrogens with zero attached hydrogens (tertiary/aromatic N) is 2. The molecule has 190 valence electrons. The fourth-order valence-corrected chi connectivity index (χ4v) is 5.19. The molecule has 35 heavy (non-hydrogen) atoms. The first-order valence-electron chi connectivity index (χ1n) is 13.0. The monoisotopic (exact) mass is 480 g/mol. The maximum atomic E-state index is 13.2. The summed E-state index contributed by atoms with van der Waals surface area (Å²) in [5.74, 6) is 2.14. The number of piperidine rings is 1. The SMILES string of the molecule is CO[C@H]1CCN2C[C@H]1CCCCN(Cc1ccc(OC(C)C)cc1)CCOc1cccc(c1)C2=O. The largest absolute Gasteiger partial charge is 0.492 e. The molecule has 0 radical (unpaired) electrons. The molecule has 2 aliphatic heterocycles. The number of hydrogen-bond donors (Lipinski definition) is 0. The van der Waals surface area contributed by atoms with Crippen LogP contribution in [0.4, 0.5) is 0 Å². The van der Waals surface area contributed by atoms with Crippen molar-refractivity contribution in [2.24, 2.45) is 5.92 Å². The third-order valence-corrected chi connectivity index (χ3v) is 7.01. The molecule has 4 bridgehead atoms. The number of methoxy groups -OCH3 is 1. The summed E-state index contributed by atoms with van der Waals surface area (Å²) in [6, 6.07) is 16.1. The Balaban J connectivity index is 1.46. The quantitative estimate of drug-likeness (QED) is 0.602. The summed E-state index contributed by atoms with van der Waals surface area (Å²) in [4.78, 5) is 17.7. The third kappa shape index (κ3) is 7.21. The van der Waals surface area contributed by atoms with Crippen LogP contribution >= 0.6 is 0 Å². The minimum absolute atomic E-state index is 0.0939. The summed E-state index contributed by atoms with van der Waals surface area (Å²) in [6.45, 7) is 8.90. The lowest BCUT2D eigenvalue weighted by Gasteiger charge is -2.38. The van der Waals surface area contributed by atoms with Crippen molar-refractivity contribution < 1.29 is 19.0 Å². The van der Waals surface area contributed by atoms with Gasteiger partial charge in [-0.3, -0.25) is 9.69 Å². The number of hydrogen-bond acceptors (Lipinski definition) is 5. The van der Waals surface area contributed by atoms with Crippen LogP contribution in [0.1, 0.15) is 55.5 Å². The van der Waals surface area contributed by atoms with E-state index in [2.05, 4.69) is 29.2 Å². The van der Waals surface area contributed by atoms with E-state index in [9.17, 15) is 4.79 Å². The van der Waals surface area contributed by atoms with Gasteiger partial charge in [0.2, 0.25) is 0 Å². The molecule has 0 unspecified atom stereocenters. The van der Waals surface area contributed by atoms with Crippen molar-refractivity contribution in [3.05, 3.63) is 59.7 Å². The Morgan fingerprint density at radius 3 is 2.63 bits per heavy atom. The second-order valence-electron chi connectivity index (χ2n) is 10.0. The summed E-state index contributed by atoms with van der Waals surface area (Å²) in [5.41, 5.74) is 1.97. The Labute approximate surface area is 210 Å². The van der Waals surface area contributed by atoms with Gasteiger partial charge in [0.25, 0.3) is 5.91 Å². The maximum Gasteiger partial charge on any atom is 0.254 e. The Hall–Kier alpha value is -2.57. The van der Waals surface area contributed by atoms with Gasteiger partial charge in [0.15, 0.2) is 0 Å². The van der Waals surface area contributed by atoms with Crippen LogP contribution in [0.15, 0.2) is 48.5 Å². The second-order valence-corrected chi connectivity index (χ2v) is 10.0. The zero-order valence-electron chi connectivity index (χ0n) is 21.4. The van der Waals surface area contributed by atoms with Crippen LogP contribution in [0.25, 0.3) is 0 Å². The zero-order valence-corrected chi connectivity index (χ0v) is 21.4. The molecule has 2 heterocycles. The number of amides is 1. The molecule has 0 aromatic heterocycles. The lowest BCUT2D eigenvalue weighted by atomic mass is 9.89. The van der Waals surface area contributed by atoms with Crippen molar-refractivity contribution in [3.8, 4) is 11.5 Å². The van der Waals surface area contributed by atoms with Crippen molar-refractivity contribution in [1.29, 1.82) is 0 Å². The highest BCUT2D eigenvalue weighted by Crippen LogP contribution is 2.27. The first kappa shape index (κ1) is 25.5. The highest BCUT2D eigenvalue weighted by molar-refractivity contribution is 5.94. The van der Waals surface area contributed by atoms with Crippen LogP contribution in [-0.4, -0.2) is 67.8 Å². The standard InChI is InChI=1S/C29H40N2O4/c1-22(2)35-26-12-10-23(11-13-26)20-30-15-5-4-7-25-21-31(16-14-28(25)33-3)29(32)24-8-6-9-27(19-24)34-18-17-30/h6,8-13,19,22,25,28H,4-5,7,14-18,20-21H2,1-3H3/t25-,28+/m1/s1. The molecule has 0 aliphatic carbocycles. The summed E-state index contributed by atoms with van der Waals surface area (Å²) in [5, 5.41) is 0. The Morgan fingerprint density at radius 2 is 1.86 bits per heavy atom. The minimum Gasteiger partial charge on any atom is -0.492 e. The van der Waals surface area contributed by atoms with Gasteiger partial charge in [0, 0.05) is 44.8 Å². The smallest absolute Gasteiger partial charge is 0.254 e. The molecule has 1 fully saturated rings. The molecule has 2 aliphatic rings. The van der Waals surface area contributed by atoms with Crippen LogP contribution in [0.5, 0.6) is 11.5 Å². The molecular formula is C29H40N2O4. The molecule has 4 rings (SSSR count). The second kappa shape index (κ2) is 12.4. The van der Waals surface area contributed by atoms with E-state index in [1.807, 2.05) is 43.0 Å². The van der Waals surface area contributed by atoms with Gasteiger partial charge in [-0.25, -0.2) is 0 Å². The molecule has 2 aromatic rings. The van der Waals surface area contributed by atoms with Gasteiger partial charge in [-0.1, -0.05) is 24.6 Å². The molecule has 1 amide bonds. The van der Waals surface area contributed by atoms with E-state index in [-0.39, 0.29) is 18.1 Å². The van der Waals surface area contributed by atoms with E-state index < -0.39 is 0 Å². The topological polar surface area (TPSA) is 51.2 Å². The number of benzene rings is 2. The van der Waals surface area contributed by atoms with Crippen molar-refractivity contribution in [2.75, 3.05) is 39.9 Å². The third-order valence-electron chi connectivity index (χ3n) is 7.01. The summed E-state index contributed by atoms with van der Waals surface area (Å²) in [7, 11) is 1.80. The fraction of sp³-hybridized carbons (Fsp3) is 0.552. The lowest BCUT2D eigenvalue weighted by Crippen LogP contribution is -2.46. The molecule has 1 saturated heterocycles. The predicted octanol–water partition coefficient (Wildman–Crippen LogP) is 5.02. The minimum atomic E-state index is 0.0939. The lowest BCUT2D eigenvalue weighted by molar-refractivity contribution is -0.00676. The molecule has 2 aromatic carbocycles. The van der Waals surface area contributed by atoms with Gasteiger partial charge in [-0.2, -0.15) is 0 Å². The molecule has 6 nitrogen and oxygen atoms in total. The van der Waals surface area contributed by atoms with E-state index in [0.717, 1.165) is 69.9 Å². The molecule has 2 atom stereocenters. The summed E-state index contributed by atoms with van der Waals surface area (Å²) >= 11 is 0. The fourth-order valence-electron chi connectivity index (χ4n) is 5.19. The van der Waals surface area contributed by atoms with Crippen LogP contribution < -0.4 is 9.47 Å². The van der Waals surface area contributed by atoms with Crippen LogP contribution in [0, 0.1) is 5.92 Å². The summed E-state index contributed by atoms with van der Waals surface area (Å²) < 4.78 is 17.7. The van der Waals surface area contributed by atoms with Crippen LogP contribution in [0.2, 0.25) is 0 Å².